The summed E-state index contributed by atoms with van der Waals surface area (Å²) in [6.07, 6.45) is -4.95. The van der Waals surface area contributed by atoms with Gasteiger partial charge in [0.05, 0.1) is 5.56 Å². The number of rotatable bonds is 3. The fraction of sp³-hybridized carbons (Fsp3) is 0.273. The summed E-state index contributed by atoms with van der Waals surface area (Å²) in [6.45, 7) is 0.974. The molecule has 1 aromatic carbocycles. The molecule has 1 rings (SSSR count). The van der Waals surface area contributed by atoms with Crippen LogP contribution < -0.4 is 5.32 Å². The van der Waals surface area contributed by atoms with Crippen molar-refractivity contribution in [2.45, 2.75) is 19.1 Å². The van der Waals surface area contributed by atoms with Crippen molar-refractivity contribution in [1.82, 2.24) is 5.32 Å². The van der Waals surface area contributed by atoms with Crippen LogP contribution in [0.4, 0.5) is 17.6 Å². The Kier molecular flexibility index (Phi) is 4.13. The smallest absolute Gasteiger partial charge is 0.419 e. The number of halogens is 4. The third-order valence-corrected chi connectivity index (χ3v) is 2.24. The Bertz CT molecular complexity index is 513. The molecule has 19 heavy (non-hydrogen) atoms. The molecule has 0 saturated heterocycles. The van der Waals surface area contributed by atoms with Gasteiger partial charge in [-0.1, -0.05) is 12.1 Å². The van der Waals surface area contributed by atoms with Crippen molar-refractivity contribution in [3.05, 3.63) is 35.1 Å². The first kappa shape index (κ1) is 14.9. The van der Waals surface area contributed by atoms with Crippen LogP contribution in [-0.4, -0.2) is 17.0 Å². The van der Waals surface area contributed by atoms with Crippen molar-refractivity contribution < 1.29 is 32.3 Å². The van der Waals surface area contributed by atoms with E-state index >= 15 is 0 Å². The lowest BCUT2D eigenvalue weighted by atomic mass is 10.0. The Balaban J connectivity index is 3.33. The summed E-state index contributed by atoms with van der Waals surface area (Å²) in [5.74, 6) is -4.17. The van der Waals surface area contributed by atoms with Gasteiger partial charge in [0.15, 0.2) is 6.04 Å². The third kappa shape index (κ3) is 3.43. The summed E-state index contributed by atoms with van der Waals surface area (Å²) >= 11 is 0. The van der Waals surface area contributed by atoms with Crippen LogP contribution in [0.3, 0.4) is 0 Å². The molecule has 1 unspecified atom stereocenters. The van der Waals surface area contributed by atoms with E-state index in [1.165, 1.54) is 0 Å². The third-order valence-electron chi connectivity index (χ3n) is 2.24. The number of hydrogen-bond donors (Lipinski definition) is 2. The number of alkyl halides is 3. The molecule has 1 amide bonds. The second-order valence-electron chi connectivity index (χ2n) is 3.68. The van der Waals surface area contributed by atoms with Gasteiger partial charge in [0.2, 0.25) is 5.91 Å². The first-order chi connectivity index (χ1) is 8.64. The molecule has 0 heterocycles. The van der Waals surface area contributed by atoms with E-state index in [0.29, 0.717) is 6.07 Å². The van der Waals surface area contributed by atoms with Crippen molar-refractivity contribution in [1.29, 1.82) is 0 Å². The van der Waals surface area contributed by atoms with Gasteiger partial charge in [0.25, 0.3) is 0 Å². The van der Waals surface area contributed by atoms with E-state index in [4.69, 9.17) is 5.11 Å². The van der Waals surface area contributed by atoms with Gasteiger partial charge in [-0.25, -0.2) is 9.18 Å². The molecule has 104 valence electrons. The highest BCUT2D eigenvalue weighted by atomic mass is 19.4. The molecule has 0 radical (unpaired) electrons. The Labute approximate surface area is 105 Å². The summed E-state index contributed by atoms with van der Waals surface area (Å²) in [6, 6.07) is 0.365. The Morgan fingerprint density at radius 1 is 1.32 bits per heavy atom. The minimum Gasteiger partial charge on any atom is -0.479 e. The zero-order valence-corrected chi connectivity index (χ0v) is 9.58. The second-order valence-corrected chi connectivity index (χ2v) is 3.68. The molecule has 0 spiro atoms. The monoisotopic (exact) mass is 279 g/mol. The van der Waals surface area contributed by atoms with Gasteiger partial charge >= 0.3 is 12.1 Å². The number of aliphatic carboxylic acids is 1. The molecule has 0 fully saturated rings. The van der Waals surface area contributed by atoms with Gasteiger partial charge in [-0.3, -0.25) is 4.79 Å². The zero-order valence-electron chi connectivity index (χ0n) is 9.58. The van der Waals surface area contributed by atoms with Crippen LogP contribution in [0.1, 0.15) is 24.1 Å². The minimum absolute atomic E-state index is 0.492. The van der Waals surface area contributed by atoms with Crippen molar-refractivity contribution >= 4 is 11.9 Å². The van der Waals surface area contributed by atoms with E-state index < -0.39 is 41.0 Å². The van der Waals surface area contributed by atoms with Crippen LogP contribution in [0.2, 0.25) is 0 Å². The van der Waals surface area contributed by atoms with Crippen molar-refractivity contribution in [2.75, 3.05) is 0 Å². The van der Waals surface area contributed by atoms with Crippen LogP contribution >= 0.6 is 0 Å². The molecule has 0 aromatic heterocycles. The molecule has 0 saturated carbocycles. The molecule has 8 heteroatoms. The number of nitrogens with one attached hydrogen (secondary N) is 1. The van der Waals surface area contributed by atoms with Gasteiger partial charge < -0.3 is 10.4 Å². The van der Waals surface area contributed by atoms with Gasteiger partial charge in [0.1, 0.15) is 5.82 Å². The van der Waals surface area contributed by atoms with Crippen molar-refractivity contribution in [2.24, 2.45) is 0 Å². The average Bonchev–Trinajstić information content (AvgIpc) is 2.24. The van der Waals surface area contributed by atoms with Crippen LogP contribution in [0, 0.1) is 5.82 Å². The summed E-state index contributed by atoms with van der Waals surface area (Å²) in [4.78, 5) is 21.7. The molecule has 1 aromatic rings. The predicted octanol–water partition coefficient (Wildman–Crippen LogP) is 2.11. The number of benzene rings is 1. The van der Waals surface area contributed by atoms with Crippen LogP contribution in [0.5, 0.6) is 0 Å². The zero-order chi connectivity index (χ0) is 14.8. The number of carbonyl (C=O) groups is 2. The number of hydrogen-bond acceptors (Lipinski definition) is 2. The lowest BCUT2D eigenvalue weighted by Gasteiger charge is -2.17. The first-order valence-corrected chi connectivity index (χ1v) is 5.00. The fourth-order valence-electron chi connectivity index (χ4n) is 1.47. The summed E-state index contributed by atoms with van der Waals surface area (Å²) < 4.78 is 51.1. The second kappa shape index (κ2) is 5.25. The van der Waals surface area contributed by atoms with Crippen LogP contribution in [0.25, 0.3) is 0 Å². The standard InChI is InChI=1S/C11H9F4NO3/c1-5(17)16-9(10(18)19)6-3-2-4-7(8(6)12)11(13,14)15/h2-4,9H,1H3,(H,16,17)(H,18,19). The molecule has 1 atom stereocenters. The van der Waals surface area contributed by atoms with Crippen LogP contribution in [0.15, 0.2) is 18.2 Å². The SMILES string of the molecule is CC(=O)NC(C(=O)O)c1cccc(C(F)(F)F)c1F. The van der Waals surface area contributed by atoms with E-state index in [1.54, 1.807) is 0 Å². The largest absolute Gasteiger partial charge is 0.479 e. The highest BCUT2D eigenvalue weighted by Gasteiger charge is 2.36. The first-order valence-electron chi connectivity index (χ1n) is 5.00. The predicted molar refractivity (Wildman–Crippen MR) is 55.6 cm³/mol. The molecule has 0 bridgehead atoms. The maximum Gasteiger partial charge on any atom is 0.419 e. The molecule has 0 aliphatic rings. The lowest BCUT2D eigenvalue weighted by molar-refractivity contribution is -0.143. The average molecular weight is 279 g/mol. The van der Waals surface area contributed by atoms with Gasteiger partial charge in [-0.05, 0) is 6.07 Å². The number of carboxylic acid groups (broad SMARTS) is 1. The summed E-state index contributed by atoms with van der Waals surface area (Å²) in [5, 5.41) is 10.7. The maximum absolute atomic E-state index is 13.7. The van der Waals surface area contributed by atoms with Gasteiger partial charge in [-0.2, -0.15) is 13.2 Å². The van der Waals surface area contributed by atoms with Crippen molar-refractivity contribution in [3.63, 3.8) is 0 Å². The Morgan fingerprint density at radius 3 is 2.32 bits per heavy atom. The topological polar surface area (TPSA) is 66.4 Å². The van der Waals surface area contributed by atoms with Crippen molar-refractivity contribution in [3.8, 4) is 0 Å². The van der Waals surface area contributed by atoms with E-state index in [9.17, 15) is 27.2 Å². The fourth-order valence-corrected chi connectivity index (χ4v) is 1.47. The molecule has 0 aliphatic carbocycles. The van der Waals surface area contributed by atoms with Gasteiger partial charge in [0, 0.05) is 12.5 Å². The molecule has 0 aliphatic heterocycles. The highest BCUT2D eigenvalue weighted by Crippen LogP contribution is 2.33. The van der Waals surface area contributed by atoms with E-state index in [2.05, 4.69) is 0 Å². The van der Waals surface area contributed by atoms with Crippen LogP contribution in [-0.2, 0) is 15.8 Å². The van der Waals surface area contributed by atoms with Gasteiger partial charge in [-0.15, -0.1) is 0 Å². The van der Waals surface area contributed by atoms with E-state index in [1.807, 2.05) is 5.32 Å². The summed E-state index contributed by atoms with van der Waals surface area (Å²) in [7, 11) is 0. The minimum atomic E-state index is -4.95. The number of amides is 1. The number of carbonyl (C=O) groups excluding carboxylic acids is 1. The van der Waals surface area contributed by atoms with E-state index in [0.717, 1.165) is 19.1 Å². The maximum atomic E-state index is 13.7. The Morgan fingerprint density at radius 2 is 1.89 bits per heavy atom. The molecular weight excluding hydrogens is 270 g/mol. The van der Waals surface area contributed by atoms with E-state index in [-0.39, 0.29) is 0 Å². The molecule has 4 nitrogen and oxygen atoms in total. The summed E-state index contributed by atoms with van der Waals surface area (Å²) in [5.41, 5.74) is -2.33. The highest BCUT2D eigenvalue weighted by molar-refractivity contribution is 5.83. The molecular formula is C11H9F4NO3. The number of carboxylic acids is 1. The normalized spacial score (nSPS) is 12.9. The lowest BCUT2D eigenvalue weighted by Crippen LogP contribution is -2.33. The molecule has 2 N–H and O–H groups in total. The Hall–Kier alpha value is -2.12. The quantitative estimate of drug-likeness (QED) is 0.833.